The van der Waals surface area contributed by atoms with Crippen molar-refractivity contribution in [2.45, 2.75) is 38.9 Å². The minimum atomic E-state index is -0.391. The first-order valence-electron chi connectivity index (χ1n) is 9.37. The number of aryl methyl sites for hydroxylation is 1. The highest BCUT2D eigenvalue weighted by molar-refractivity contribution is 8.15. The van der Waals surface area contributed by atoms with E-state index in [0.717, 1.165) is 22.5 Å². The van der Waals surface area contributed by atoms with Crippen LogP contribution >= 0.6 is 11.8 Å². The van der Waals surface area contributed by atoms with Crippen molar-refractivity contribution >= 4 is 40.1 Å². The highest BCUT2D eigenvalue weighted by Gasteiger charge is 2.30. The topological polar surface area (TPSA) is 61.8 Å². The third-order valence-electron chi connectivity index (χ3n) is 4.57. The van der Waals surface area contributed by atoms with E-state index >= 15 is 0 Å². The molecule has 0 unspecified atom stereocenters. The number of amidine groups is 1. The van der Waals surface area contributed by atoms with Gasteiger partial charge in [-0.25, -0.2) is 0 Å². The van der Waals surface area contributed by atoms with Crippen LogP contribution in [-0.2, 0) is 9.59 Å². The van der Waals surface area contributed by atoms with Crippen LogP contribution < -0.4 is 10.2 Å². The molecule has 0 radical (unpaired) electrons. The summed E-state index contributed by atoms with van der Waals surface area (Å²) in [5.74, 6) is 0.126. The van der Waals surface area contributed by atoms with Gasteiger partial charge in [-0.3, -0.25) is 19.5 Å². The molecular formula is C22H25N3O2S. The van der Waals surface area contributed by atoms with Gasteiger partial charge in [-0.1, -0.05) is 61.5 Å². The molecule has 146 valence electrons. The average Bonchev–Trinajstić information content (AvgIpc) is 3.03. The number of hydrogen-bond acceptors (Lipinski definition) is 4. The molecule has 0 aliphatic carbocycles. The van der Waals surface area contributed by atoms with Crippen molar-refractivity contribution < 1.29 is 9.59 Å². The number of aliphatic imine (C=N–C) groups is 1. The first-order chi connectivity index (χ1) is 13.4. The number of nitrogens with one attached hydrogen (secondary N) is 1. The fourth-order valence-electron chi connectivity index (χ4n) is 2.98. The van der Waals surface area contributed by atoms with E-state index in [4.69, 9.17) is 0 Å². The Bertz CT molecular complexity index is 906. The maximum atomic E-state index is 12.8. The van der Waals surface area contributed by atoms with Crippen molar-refractivity contribution in [3.8, 4) is 0 Å². The van der Waals surface area contributed by atoms with Crippen molar-refractivity contribution in [1.82, 2.24) is 0 Å². The van der Waals surface area contributed by atoms with Crippen LogP contribution in [0.3, 0.4) is 0 Å². The number of nitrogens with zero attached hydrogens (tertiary/aromatic N) is 2. The molecule has 0 saturated heterocycles. The molecule has 3 rings (SSSR count). The van der Waals surface area contributed by atoms with Crippen LogP contribution in [0.5, 0.6) is 0 Å². The Kier molecular flexibility index (Phi) is 6.19. The summed E-state index contributed by atoms with van der Waals surface area (Å²) in [6.07, 6.45) is 0. The SMILES string of the molecule is Cc1ccc(N2C(=O)CN=C2S[C@H](C)C(=O)Nc2ccccc2C(C)C)cc1. The molecule has 1 N–H and O–H groups in total. The zero-order chi connectivity index (χ0) is 20.3. The van der Waals surface area contributed by atoms with Gasteiger partial charge in [-0.2, -0.15) is 0 Å². The summed E-state index contributed by atoms with van der Waals surface area (Å²) >= 11 is 1.30. The molecule has 1 atom stereocenters. The Balaban J connectivity index is 1.71. The lowest BCUT2D eigenvalue weighted by molar-refractivity contribution is -0.116. The van der Waals surface area contributed by atoms with Crippen LogP contribution in [0.15, 0.2) is 53.5 Å². The van der Waals surface area contributed by atoms with Gasteiger partial charge < -0.3 is 5.32 Å². The lowest BCUT2D eigenvalue weighted by Gasteiger charge is -2.21. The largest absolute Gasteiger partial charge is 0.325 e. The summed E-state index contributed by atoms with van der Waals surface area (Å²) in [5.41, 5.74) is 3.83. The summed E-state index contributed by atoms with van der Waals surface area (Å²) in [7, 11) is 0. The van der Waals surface area contributed by atoms with Gasteiger partial charge in [0.2, 0.25) is 5.91 Å². The summed E-state index contributed by atoms with van der Waals surface area (Å²) in [4.78, 5) is 31.0. The number of thioether (sulfide) groups is 1. The summed E-state index contributed by atoms with van der Waals surface area (Å²) in [6.45, 7) is 8.14. The second kappa shape index (κ2) is 8.61. The molecule has 6 heteroatoms. The molecule has 0 bridgehead atoms. The molecule has 28 heavy (non-hydrogen) atoms. The van der Waals surface area contributed by atoms with Crippen LogP contribution in [0.4, 0.5) is 11.4 Å². The van der Waals surface area contributed by atoms with Crippen molar-refractivity contribution in [2.24, 2.45) is 4.99 Å². The standard InChI is InChI=1S/C22H25N3O2S/c1-14(2)18-7-5-6-8-19(18)24-21(27)16(4)28-22-23-13-20(26)25(22)17-11-9-15(3)10-12-17/h5-12,14,16H,13H2,1-4H3,(H,24,27)/t16-/m1/s1. The van der Waals surface area contributed by atoms with Crippen LogP contribution in [0.25, 0.3) is 0 Å². The highest BCUT2D eigenvalue weighted by atomic mass is 32.2. The molecule has 0 aromatic heterocycles. The molecular weight excluding hydrogens is 370 g/mol. The zero-order valence-electron chi connectivity index (χ0n) is 16.6. The van der Waals surface area contributed by atoms with Gasteiger partial charge in [0.15, 0.2) is 5.17 Å². The van der Waals surface area contributed by atoms with Crippen LogP contribution in [0.2, 0.25) is 0 Å². The monoisotopic (exact) mass is 395 g/mol. The summed E-state index contributed by atoms with van der Waals surface area (Å²) in [5, 5.41) is 3.19. The quantitative estimate of drug-likeness (QED) is 0.806. The van der Waals surface area contributed by atoms with Gasteiger partial charge in [-0.05, 0) is 43.5 Å². The zero-order valence-corrected chi connectivity index (χ0v) is 17.4. The first-order valence-corrected chi connectivity index (χ1v) is 10.3. The van der Waals surface area contributed by atoms with Crippen molar-refractivity contribution in [1.29, 1.82) is 0 Å². The second-order valence-corrected chi connectivity index (χ2v) is 8.46. The number of para-hydroxylation sites is 1. The Morgan fingerprint density at radius 1 is 1.11 bits per heavy atom. The Morgan fingerprint density at radius 2 is 1.79 bits per heavy atom. The molecule has 2 aromatic rings. The van der Waals surface area contributed by atoms with Gasteiger partial charge in [0.1, 0.15) is 6.54 Å². The van der Waals surface area contributed by atoms with E-state index in [0.29, 0.717) is 11.1 Å². The van der Waals surface area contributed by atoms with Crippen LogP contribution in [0.1, 0.15) is 37.8 Å². The van der Waals surface area contributed by atoms with Crippen molar-refractivity contribution in [3.05, 3.63) is 59.7 Å². The van der Waals surface area contributed by atoms with E-state index in [-0.39, 0.29) is 18.4 Å². The summed E-state index contributed by atoms with van der Waals surface area (Å²) in [6, 6.07) is 15.6. The van der Waals surface area contributed by atoms with Crippen molar-refractivity contribution in [3.63, 3.8) is 0 Å². The molecule has 5 nitrogen and oxygen atoms in total. The average molecular weight is 396 g/mol. The fraction of sp³-hybridized carbons (Fsp3) is 0.318. The smallest absolute Gasteiger partial charge is 0.254 e. The lowest BCUT2D eigenvalue weighted by Crippen LogP contribution is -2.33. The normalized spacial score (nSPS) is 15.0. The number of anilines is 2. The van der Waals surface area contributed by atoms with Gasteiger partial charge in [-0.15, -0.1) is 0 Å². The fourth-order valence-corrected chi connectivity index (χ4v) is 3.92. The minimum absolute atomic E-state index is 0.0795. The molecule has 1 heterocycles. The van der Waals surface area contributed by atoms with Crippen molar-refractivity contribution in [2.75, 3.05) is 16.8 Å². The molecule has 1 aliphatic heterocycles. The Hall–Kier alpha value is -2.60. The maximum absolute atomic E-state index is 12.8. The molecule has 1 aliphatic rings. The maximum Gasteiger partial charge on any atom is 0.254 e. The lowest BCUT2D eigenvalue weighted by atomic mass is 10.0. The number of amides is 2. The van der Waals surface area contributed by atoms with E-state index in [1.54, 1.807) is 4.90 Å². The van der Waals surface area contributed by atoms with Gasteiger partial charge >= 0.3 is 0 Å². The first kappa shape index (κ1) is 20.1. The summed E-state index contributed by atoms with van der Waals surface area (Å²) < 4.78 is 0. The van der Waals surface area contributed by atoms with Gasteiger partial charge in [0.05, 0.1) is 10.9 Å². The van der Waals surface area contributed by atoms with Crippen LogP contribution in [0, 0.1) is 6.92 Å². The van der Waals surface area contributed by atoms with E-state index in [1.807, 2.05) is 62.4 Å². The predicted octanol–water partition coefficient (Wildman–Crippen LogP) is 4.58. The molecule has 0 fully saturated rings. The Labute approximate surface area is 170 Å². The number of carbonyl (C=O) groups excluding carboxylic acids is 2. The van der Waals surface area contributed by atoms with Gasteiger partial charge in [0, 0.05) is 5.69 Å². The van der Waals surface area contributed by atoms with E-state index in [2.05, 4.69) is 24.2 Å². The molecule has 0 saturated carbocycles. The molecule has 2 aromatic carbocycles. The highest BCUT2D eigenvalue weighted by Crippen LogP contribution is 2.28. The number of rotatable bonds is 5. The molecule has 2 amide bonds. The number of benzene rings is 2. The van der Waals surface area contributed by atoms with E-state index < -0.39 is 5.25 Å². The predicted molar refractivity (Wildman–Crippen MR) is 117 cm³/mol. The Morgan fingerprint density at radius 3 is 2.46 bits per heavy atom. The van der Waals surface area contributed by atoms with E-state index in [1.165, 1.54) is 11.8 Å². The number of hydrogen-bond donors (Lipinski definition) is 1. The minimum Gasteiger partial charge on any atom is -0.325 e. The van der Waals surface area contributed by atoms with Crippen LogP contribution in [-0.4, -0.2) is 28.8 Å². The second-order valence-electron chi connectivity index (χ2n) is 7.15. The number of carbonyl (C=O) groups is 2. The van der Waals surface area contributed by atoms with Gasteiger partial charge in [0.25, 0.3) is 5.91 Å². The third kappa shape index (κ3) is 4.44. The third-order valence-corrected chi connectivity index (χ3v) is 5.66. The van der Waals surface area contributed by atoms with E-state index in [9.17, 15) is 9.59 Å². The molecule has 0 spiro atoms.